The number of halogens is 2. The fourth-order valence-electron chi connectivity index (χ4n) is 2.31. The van der Waals surface area contributed by atoms with Crippen LogP contribution in [-0.4, -0.2) is 13.2 Å². The van der Waals surface area contributed by atoms with Gasteiger partial charge in [-0.15, -0.1) is 0 Å². The molecule has 0 radical (unpaired) electrons. The fourth-order valence-corrected chi connectivity index (χ4v) is 2.82. The van der Waals surface area contributed by atoms with Gasteiger partial charge in [0, 0.05) is 17.2 Å². The Morgan fingerprint density at radius 3 is 2.38 bits per heavy atom. The van der Waals surface area contributed by atoms with Gasteiger partial charge in [-0.3, -0.25) is 0 Å². The van der Waals surface area contributed by atoms with Crippen molar-refractivity contribution < 1.29 is 9.47 Å². The summed E-state index contributed by atoms with van der Waals surface area (Å²) in [5.74, 6) is 1.39. The lowest BCUT2D eigenvalue weighted by Crippen LogP contribution is -2.16. The van der Waals surface area contributed by atoms with E-state index in [0.717, 1.165) is 16.3 Å². The van der Waals surface area contributed by atoms with Crippen LogP contribution in [-0.2, 0) is 0 Å². The molecule has 0 spiro atoms. The van der Waals surface area contributed by atoms with Gasteiger partial charge in [0.25, 0.3) is 0 Å². The highest BCUT2D eigenvalue weighted by Gasteiger charge is 2.17. The molecule has 1 aliphatic heterocycles. The maximum Gasteiger partial charge on any atom is 0.163 e. The van der Waals surface area contributed by atoms with Crippen LogP contribution in [0.4, 0.5) is 5.69 Å². The van der Waals surface area contributed by atoms with Crippen molar-refractivity contribution in [2.75, 3.05) is 18.5 Å². The lowest BCUT2D eigenvalue weighted by atomic mass is 10.1. The maximum absolute atomic E-state index is 6.30. The van der Waals surface area contributed by atoms with Crippen molar-refractivity contribution in [3.8, 4) is 11.5 Å². The lowest BCUT2D eigenvalue weighted by molar-refractivity contribution is 0.171. The summed E-state index contributed by atoms with van der Waals surface area (Å²) >= 11 is 12.5. The second-order valence-electron chi connectivity index (χ2n) is 4.86. The summed E-state index contributed by atoms with van der Waals surface area (Å²) in [6, 6.07) is 11.4. The molecule has 1 aliphatic rings. The zero-order valence-electron chi connectivity index (χ0n) is 11.5. The van der Waals surface area contributed by atoms with Crippen LogP contribution in [0.5, 0.6) is 11.5 Å². The first kappa shape index (κ1) is 14.4. The SMILES string of the molecule is CC(Nc1cc2c(cc1Cl)OCCO2)c1ccccc1Cl. The highest BCUT2D eigenvalue weighted by Crippen LogP contribution is 2.39. The first-order valence-electron chi connectivity index (χ1n) is 6.75. The molecule has 0 aliphatic carbocycles. The average molecular weight is 324 g/mol. The minimum absolute atomic E-state index is 0.0266. The summed E-state index contributed by atoms with van der Waals surface area (Å²) < 4.78 is 11.1. The number of rotatable bonds is 3. The number of benzene rings is 2. The van der Waals surface area contributed by atoms with Crippen molar-refractivity contribution in [2.45, 2.75) is 13.0 Å². The third-order valence-electron chi connectivity index (χ3n) is 3.38. The van der Waals surface area contributed by atoms with E-state index >= 15 is 0 Å². The Morgan fingerprint density at radius 2 is 1.67 bits per heavy atom. The Bertz CT molecular complexity index is 661. The summed E-state index contributed by atoms with van der Waals surface area (Å²) in [5, 5.41) is 4.69. The quantitative estimate of drug-likeness (QED) is 0.868. The first-order valence-corrected chi connectivity index (χ1v) is 7.51. The monoisotopic (exact) mass is 323 g/mol. The van der Waals surface area contributed by atoms with Gasteiger partial charge in [-0.05, 0) is 18.6 Å². The topological polar surface area (TPSA) is 30.5 Å². The molecule has 0 bridgehead atoms. The summed E-state index contributed by atoms with van der Waals surface area (Å²) in [6.07, 6.45) is 0. The predicted octanol–water partition coefficient (Wildman–Crippen LogP) is 4.94. The van der Waals surface area contributed by atoms with Crippen LogP contribution in [0.15, 0.2) is 36.4 Å². The zero-order valence-corrected chi connectivity index (χ0v) is 13.0. The standard InChI is InChI=1S/C16H15Cl2NO2/c1-10(11-4-2-3-5-12(11)17)19-14-9-16-15(8-13(14)18)20-6-7-21-16/h2-5,8-10,19H,6-7H2,1H3. The Kier molecular flexibility index (Phi) is 4.13. The van der Waals surface area contributed by atoms with Gasteiger partial charge in [0.05, 0.1) is 16.8 Å². The van der Waals surface area contributed by atoms with Crippen molar-refractivity contribution >= 4 is 28.9 Å². The summed E-state index contributed by atoms with van der Waals surface area (Å²) in [6.45, 7) is 3.13. The second kappa shape index (κ2) is 6.04. The van der Waals surface area contributed by atoms with Crippen LogP contribution in [0.2, 0.25) is 10.0 Å². The van der Waals surface area contributed by atoms with E-state index in [2.05, 4.69) is 5.32 Å². The van der Waals surface area contributed by atoms with E-state index < -0.39 is 0 Å². The van der Waals surface area contributed by atoms with E-state index in [1.165, 1.54) is 0 Å². The lowest BCUT2D eigenvalue weighted by Gasteiger charge is -2.22. The minimum Gasteiger partial charge on any atom is -0.486 e. The Labute approximate surface area is 133 Å². The van der Waals surface area contributed by atoms with Gasteiger partial charge in [0.15, 0.2) is 11.5 Å². The van der Waals surface area contributed by atoms with Crippen molar-refractivity contribution in [2.24, 2.45) is 0 Å². The molecule has 0 saturated carbocycles. The van der Waals surface area contributed by atoms with Gasteiger partial charge in [0.2, 0.25) is 0 Å². The third kappa shape index (κ3) is 3.04. The number of ether oxygens (including phenoxy) is 2. The van der Waals surface area contributed by atoms with Crippen LogP contribution in [0, 0.1) is 0 Å². The highest BCUT2D eigenvalue weighted by molar-refractivity contribution is 6.33. The molecule has 21 heavy (non-hydrogen) atoms. The van der Waals surface area contributed by atoms with Gasteiger partial charge in [-0.2, -0.15) is 0 Å². The van der Waals surface area contributed by atoms with Crippen molar-refractivity contribution in [3.63, 3.8) is 0 Å². The molecule has 2 aromatic carbocycles. The molecular formula is C16H15Cl2NO2. The number of hydrogen-bond acceptors (Lipinski definition) is 3. The molecule has 3 rings (SSSR count). The normalized spacial score (nSPS) is 14.6. The average Bonchev–Trinajstić information content (AvgIpc) is 2.48. The molecule has 0 aromatic heterocycles. The Balaban J connectivity index is 1.86. The van der Waals surface area contributed by atoms with Gasteiger partial charge < -0.3 is 14.8 Å². The molecule has 0 fully saturated rings. The van der Waals surface area contributed by atoms with Crippen LogP contribution in [0.25, 0.3) is 0 Å². The molecule has 110 valence electrons. The smallest absolute Gasteiger partial charge is 0.163 e. The van der Waals surface area contributed by atoms with Crippen molar-refractivity contribution in [3.05, 3.63) is 52.0 Å². The van der Waals surface area contributed by atoms with Crippen molar-refractivity contribution in [1.29, 1.82) is 0 Å². The predicted molar refractivity (Wildman–Crippen MR) is 85.9 cm³/mol. The molecule has 5 heteroatoms. The van der Waals surface area contributed by atoms with Gasteiger partial charge in [0.1, 0.15) is 13.2 Å². The Hall–Kier alpha value is -1.58. The second-order valence-corrected chi connectivity index (χ2v) is 5.68. The van der Waals surface area contributed by atoms with Gasteiger partial charge in [-0.25, -0.2) is 0 Å². The number of nitrogens with one attached hydrogen (secondary N) is 1. The molecule has 0 saturated heterocycles. The van der Waals surface area contributed by atoms with E-state index in [1.807, 2.05) is 37.3 Å². The zero-order chi connectivity index (χ0) is 14.8. The van der Waals surface area contributed by atoms with Gasteiger partial charge >= 0.3 is 0 Å². The molecule has 1 N–H and O–H groups in total. The van der Waals surface area contributed by atoms with E-state index in [-0.39, 0.29) is 6.04 Å². The van der Waals surface area contributed by atoms with E-state index in [4.69, 9.17) is 32.7 Å². The summed E-state index contributed by atoms with van der Waals surface area (Å²) in [7, 11) is 0. The van der Waals surface area contributed by atoms with Crippen molar-refractivity contribution in [1.82, 2.24) is 0 Å². The van der Waals surface area contributed by atoms with Crippen LogP contribution in [0.3, 0.4) is 0 Å². The molecule has 1 unspecified atom stereocenters. The molecular weight excluding hydrogens is 309 g/mol. The maximum atomic E-state index is 6.30. The number of anilines is 1. The molecule has 1 heterocycles. The van der Waals surface area contributed by atoms with E-state index in [1.54, 1.807) is 6.07 Å². The fraction of sp³-hybridized carbons (Fsp3) is 0.250. The van der Waals surface area contributed by atoms with Crippen LogP contribution >= 0.6 is 23.2 Å². The van der Waals surface area contributed by atoms with E-state index in [9.17, 15) is 0 Å². The minimum atomic E-state index is 0.0266. The third-order valence-corrected chi connectivity index (χ3v) is 4.03. The van der Waals surface area contributed by atoms with E-state index in [0.29, 0.717) is 29.7 Å². The number of hydrogen-bond donors (Lipinski definition) is 1. The molecule has 3 nitrogen and oxygen atoms in total. The van der Waals surface area contributed by atoms with Crippen LogP contribution in [0.1, 0.15) is 18.5 Å². The largest absolute Gasteiger partial charge is 0.486 e. The highest BCUT2D eigenvalue weighted by atomic mass is 35.5. The first-order chi connectivity index (χ1) is 10.1. The Morgan fingerprint density at radius 1 is 1.00 bits per heavy atom. The number of fused-ring (bicyclic) bond motifs is 1. The summed E-state index contributed by atoms with van der Waals surface area (Å²) in [4.78, 5) is 0. The molecule has 2 aromatic rings. The van der Waals surface area contributed by atoms with Crippen LogP contribution < -0.4 is 14.8 Å². The summed E-state index contributed by atoms with van der Waals surface area (Å²) in [5.41, 5.74) is 1.82. The molecule has 0 amide bonds. The molecule has 1 atom stereocenters. The van der Waals surface area contributed by atoms with Gasteiger partial charge in [-0.1, -0.05) is 41.4 Å².